The molecule has 1 aliphatic rings. The molecule has 0 spiro atoms. The summed E-state index contributed by atoms with van der Waals surface area (Å²) in [5.74, 6) is 0.861. The van der Waals surface area contributed by atoms with Crippen LogP contribution in [0.3, 0.4) is 0 Å². The highest BCUT2D eigenvalue weighted by atomic mass is 32.1. The number of aromatic nitrogens is 1. The highest BCUT2D eigenvalue weighted by Gasteiger charge is 2.43. The van der Waals surface area contributed by atoms with Crippen molar-refractivity contribution in [1.29, 1.82) is 0 Å². The molecule has 0 unspecified atom stereocenters. The predicted molar refractivity (Wildman–Crippen MR) is 80.3 cm³/mol. The van der Waals surface area contributed by atoms with Gasteiger partial charge in [-0.2, -0.15) is 0 Å². The van der Waals surface area contributed by atoms with Gasteiger partial charge in [0.05, 0.1) is 17.1 Å². The van der Waals surface area contributed by atoms with Crippen LogP contribution >= 0.6 is 12.2 Å². The van der Waals surface area contributed by atoms with Crippen molar-refractivity contribution in [3.05, 3.63) is 36.5 Å². The SMILES string of the molecule is NC(=S)CC1(COc2ccc3cccnc3c2)CC1. The van der Waals surface area contributed by atoms with Gasteiger partial charge in [-0.1, -0.05) is 18.3 Å². The Bertz CT molecular complexity index is 622. The van der Waals surface area contributed by atoms with Gasteiger partial charge in [0.2, 0.25) is 0 Å². The van der Waals surface area contributed by atoms with Gasteiger partial charge in [-0.3, -0.25) is 4.98 Å². The zero-order valence-corrected chi connectivity index (χ0v) is 11.5. The van der Waals surface area contributed by atoms with Crippen molar-refractivity contribution in [1.82, 2.24) is 4.98 Å². The van der Waals surface area contributed by atoms with Gasteiger partial charge in [0, 0.05) is 29.5 Å². The quantitative estimate of drug-likeness (QED) is 0.850. The third kappa shape index (κ3) is 2.84. The minimum Gasteiger partial charge on any atom is -0.493 e. The van der Waals surface area contributed by atoms with E-state index in [-0.39, 0.29) is 5.41 Å². The number of rotatable bonds is 5. The smallest absolute Gasteiger partial charge is 0.121 e. The Kier molecular flexibility index (Phi) is 3.11. The Labute approximate surface area is 117 Å². The van der Waals surface area contributed by atoms with E-state index >= 15 is 0 Å². The summed E-state index contributed by atoms with van der Waals surface area (Å²) in [6.45, 7) is 0.683. The van der Waals surface area contributed by atoms with E-state index in [0.717, 1.165) is 35.9 Å². The molecular formula is C15H16N2OS. The first-order valence-electron chi connectivity index (χ1n) is 6.43. The van der Waals surface area contributed by atoms with Gasteiger partial charge in [-0.25, -0.2) is 0 Å². The predicted octanol–water partition coefficient (Wildman–Crippen LogP) is 3.07. The zero-order chi connectivity index (χ0) is 13.3. The van der Waals surface area contributed by atoms with Crippen LogP contribution in [0, 0.1) is 5.41 Å². The molecule has 19 heavy (non-hydrogen) atoms. The Morgan fingerprint density at radius 2 is 2.21 bits per heavy atom. The lowest BCUT2D eigenvalue weighted by atomic mass is 10.0. The van der Waals surface area contributed by atoms with E-state index in [2.05, 4.69) is 4.98 Å². The molecule has 0 bridgehead atoms. The van der Waals surface area contributed by atoms with Crippen molar-refractivity contribution >= 4 is 28.1 Å². The molecule has 1 saturated carbocycles. The number of nitrogens with two attached hydrogens (primary N) is 1. The molecule has 0 atom stereocenters. The van der Waals surface area contributed by atoms with Crippen molar-refractivity contribution in [2.24, 2.45) is 11.1 Å². The maximum Gasteiger partial charge on any atom is 0.121 e. The van der Waals surface area contributed by atoms with Crippen LogP contribution in [0.15, 0.2) is 36.5 Å². The zero-order valence-electron chi connectivity index (χ0n) is 10.6. The summed E-state index contributed by atoms with van der Waals surface area (Å²) >= 11 is 4.99. The second-order valence-corrected chi connectivity index (χ2v) is 5.81. The Hall–Kier alpha value is -1.68. The van der Waals surface area contributed by atoms with Crippen LogP contribution in [0.25, 0.3) is 10.9 Å². The third-order valence-electron chi connectivity index (χ3n) is 3.63. The molecule has 1 aromatic heterocycles. The largest absolute Gasteiger partial charge is 0.493 e. The lowest BCUT2D eigenvalue weighted by Crippen LogP contribution is -2.20. The van der Waals surface area contributed by atoms with Gasteiger partial charge < -0.3 is 10.5 Å². The van der Waals surface area contributed by atoms with Crippen LogP contribution in [0.2, 0.25) is 0 Å². The maximum absolute atomic E-state index is 5.89. The first-order valence-corrected chi connectivity index (χ1v) is 6.84. The van der Waals surface area contributed by atoms with Crippen LogP contribution in [0.5, 0.6) is 5.75 Å². The Morgan fingerprint density at radius 1 is 1.37 bits per heavy atom. The fraction of sp³-hybridized carbons (Fsp3) is 0.333. The van der Waals surface area contributed by atoms with Gasteiger partial charge in [0.25, 0.3) is 0 Å². The van der Waals surface area contributed by atoms with Gasteiger partial charge in [0.15, 0.2) is 0 Å². The average Bonchev–Trinajstić information content (AvgIpc) is 3.15. The number of thiocarbonyl (C=S) groups is 1. The van der Waals surface area contributed by atoms with Crippen LogP contribution in [-0.4, -0.2) is 16.6 Å². The molecule has 1 aliphatic carbocycles. The number of hydrogen-bond acceptors (Lipinski definition) is 3. The number of ether oxygens (including phenoxy) is 1. The fourth-order valence-corrected chi connectivity index (χ4v) is 2.60. The Balaban J connectivity index is 1.70. The van der Waals surface area contributed by atoms with E-state index in [9.17, 15) is 0 Å². The highest BCUT2D eigenvalue weighted by molar-refractivity contribution is 7.80. The van der Waals surface area contributed by atoms with Crippen molar-refractivity contribution < 1.29 is 4.74 Å². The van der Waals surface area contributed by atoms with E-state index in [4.69, 9.17) is 22.7 Å². The summed E-state index contributed by atoms with van der Waals surface area (Å²) in [6, 6.07) is 9.98. The molecule has 0 amide bonds. The van der Waals surface area contributed by atoms with Crippen molar-refractivity contribution in [3.8, 4) is 5.75 Å². The lowest BCUT2D eigenvalue weighted by Gasteiger charge is -2.15. The van der Waals surface area contributed by atoms with E-state index in [1.165, 1.54) is 0 Å². The van der Waals surface area contributed by atoms with Gasteiger partial charge in [0.1, 0.15) is 5.75 Å². The van der Waals surface area contributed by atoms with Crippen molar-refractivity contribution in [2.45, 2.75) is 19.3 Å². The molecular weight excluding hydrogens is 256 g/mol. The molecule has 2 aromatic rings. The minimum atomic E-state index is 0.185. The molecule has 1 fully saturated rings. The molecule has 2 N–H and O–H groups in total. The van der Waals surface area contributed by atoms with Crippen LogP contribution in [0.1, 0.15) is 19.3 Å². The number of nitrogens with zero attached hydrogens (tertiary/aromatic N) is 1. The molecule has 1 aromatic carbocycles. The summed E-state index contributed by atoms with van der Waals surface area (Å²) in [7, 11) is 0. The summed E-state index contributed by atoms with van der Waals surface area (Å²) in [5, 5.41) is 1.12. The normalized spacial score (nSPS) is 16.2. The number of fused-ring (bicyclic) bond motifs is 1. The molecule has 3 nitrogen and oxygen atoms in total. The van der Waals surface area contributed by atoms with Gasteiger partial charge in [-0.15, -0.1) is 0 Å². The second kappa shape index (κ2) is 4.78. The topological polar surface area (TPSA) is 48.1 Å². The molecule has 3 rings (SSSR count). The maximum atomic E-state index is 5.89. The van der Waals surface area contributed by atoms with Crippen LogP contribution in [0.4, 0.5) is 0 Å². The number of benzene rings is 1. The van der Waals surface area contributed by atoms with E-state index in [1.807, 2.05) is 30.3 Å². The Morgan fingerprint density at radius 3 is 2.95 bits per heavy atom. The summed E-state index contributed by atoms with van der Waals surface area (Å²) in [5.41, 5.74) is 6.77. The van der Waals surface area contributed by atoms with E-state index in [0.29, 0.717) is 11.6 Å². The first kappa shape index (κ1) is 12.4. The average molecular weight is 272 g/mol. The number of pyridine rings is 1. The number of hydrogen-bond donors (Lipinski definition) is 1. The monoisotopic (exact) mass is 272 g/mol. The molecule has 0 aliphatic heterocycles. The summed E-state index contributed by atoms with van der Waals surface area (Å²) in [6.07, 6.45) is 4.88. The fourth-order valence-electron chi connectivity index (χ4n) is 2.29. The molecule has 1 heterocycles. The van der Waals surface area contributed by atoms with Crippen LogP contribution < -0.4 is 10.5 Å². The van der Waals surface area contributed by atoms with Gasteiger partial charge >= 0.3 is 0 Å². The van der Waals surface area contributed by atoms with Crippen LogP contribution in [-0.2, 0) is 0 Å². The van der Waals surface area contributed by atoms with E-state index < -0.39 is 0 Å². The lowest BCUT2D eigenvalue weighted by molar-refractivity contribution is 0.239. The standard InChI is InChI=1S/C15H16N2OS/c16-14(19)9-15(5-6-15)10-18-12-4-3-11-2-1-7-17-13(11)8-12/h1-4,7-8H,5-6,9-10H2,(H2,16,19). The summed E-state index contributed by atoms with van der Waals surface area (Å²) in [4.78, 5) is 4.91. The molecule has 4 heteroatoms. The van der Waals surface area contributed by atoms with Crippen molar-refractivity contribution in [3.63, 3.8) is 0 Å². The summed E-state index contributed by atoms with van der Waals surface area (Å²) < 4.78 is 5.89. The minimum absolute atomic E-state index is 0.185. The van der Waals surface area contributed by atoms with Gasteiger partial charge in [-0.05, 0) is 31.0 Å². The molecule has 98 valence electrons. The molecule has 0 saturated heterocycles. The molecule has 0 radical (unpaired) electrons. The van der Waals surface area contributed by atoms with Crippen molar-refractivity contribution in [2.75, 3.05) is 6.61 Å². The second-order valence-electron chi connectivity index (χ2n) is 5.29. The third-order valence-corrected chi connectivity index (χ3v) is 3.77. The highest BCUT2D eigenvalue weighted by Crippen LogP contribution is 2.49. The first-order chi connectivity index (χ1) is 9.17. The van der Waals surface area contributed by atoms with E-state index in [1.54, 1.807) is 6.20 Å².